The molecule has 3 aromatic rings. The Bertz CT molecular complexity index is 1220. The molecule has 3 unspecified atom stereocenters. The van der Waals surface area contributed by atoms with Crippen molar-refractivity contribution in [2.75, 3.05) is 37.0 Å². The van der Waals surface area contributed by atoms with E-state index in [9.17, 15) is 4.79 Å². The van der Waals surface area contributed by atoms with Gasteiger partial charge >= 0.3 is 0 Å². The summed E-state index contributed by atoms with van der Waals surface area (Å²) in [6.45, 7) is 4.48. The molecule has 2 bridgehead atoms. The van der Waals surface area contributed by atoms with Gasteiger partial charge in [-0.3, -0.25) is 4.79 Å². The Morgan fingerprint density at radius 3 is 2.88 bits per heavy atom. The zero-order valence-corrected chi connectivity index (χ0v) is 19.7. The van der Waals surface area contributed by atoms with E-state index in [1.54, 1.807) is 13.2 Å². The fourth-order valence-electron chi connectivity index (χ4n) is 5.25. The highest BCUT2D eigenvalue weighted by molar-refractivity contribution is 7.21. The highest BCUT2D eigenvalue weighted by Crippen LogP contribution is 2.35. The number of fused-ring (bicyclic) bond motifs is 4. The van der Waals surface area contributed by atoms with E-state index in [2.05, 4.69) is 49.0 Å². The molecule has 2 aromatic heterocycles. The second-order valence-electron chi connectivity index (χ2n) is 9.24. The van der Waals surface area contributed by atoms with Crippen LogP contribution in [0.3, 0.4) is 0 Å². The molecule has 0 saturated carbocycles. The molecule has 0 spiro atoms. The number of piperazine rings is 1. The van der Waals surface area contributed by atoms with Crippen molar-refractivity contribution in [2.45, 2.75) is 44.3 Å². The predicted octanol–water partition coefficient (Wildman–Crippen LogP) is 2.72. The highest BCUT2D eigenvalue weighted by atomic mass is 32.1. The summed E-state index contributed by atoms with van der Waals surface area (Å²) in [5, 5.41) is 9.97. The first kappa shape index (κ1) is 20.7. The Morgan fingerprint density at radius 1 is 1.27 bits per heavy atom. The van der Waals surface area contributed by atoms with Crippen molar-refractivity contribution in [2.24, 2.45) is 0 Å². The molecular formula is C24H28N6O2S. The van der Waals surface area contributed by atoms with Gasteiger partial charge in [-0.2, -0.15) is 0 Å². The van der Waals surface area contributed by atoms with Gasteiger partial charge in [0.05, 0.1) is 17.4 Å². The number of carbonyl (C=O) groups excluding carboxylic acids is 1. The Balaban J connectivity index is 1.17. The molecule has 5 heterocycles. The third-order valence-electron chi connectivity index (χ3n) is 6.85. The van der Waals surface area contributed by atoms with E-state index >= 15 is 0 Å². The summed E-state index contributed by atoms with van der Waals surface area (Å²) in [6.07, 6.45) is 5.02. The lowest BCUT2D eigenvalue weighted by Gasteiger charge is -2.35. The van der Waals surface area contributed by atoms with E-state index in [0.29, 0.717) is 23.6 Å². The van der Waals surface area contributed by atoms with Crippen LogP contribution in [-0.2, 0) is 6.42 Å². The number of benzene rings is 1. The average molecular weight is 465 g/mol. The minimum absolute atomic E-state index is 0.0801. The molecule has 0 radical (unpaired) electrons. The fraction of sp³-hybridized carbons (Fsp3) is 0.458. The van der Waals surface area contributed by atoms with Crippen LogP contribution in [0, 0.1) is 6.92 Å². The van der Waals surface area contributed by atoms with Crippen molar-refractivity contribution in [3.63, 3.8) is 0 Å². The zero-order chi connectivity index (χ0) is 22.5. The minimum atomic E-state index is -0.119. The summed E-state index contributed by atoms with van der Waals surface area (Å²) < 4.78 is 6.11. The van der Waals surface area contributed by atoms with E-state index in [4.69, 9.17) is 4.74 Å². The number of hydrogen-bond acceptors (Lipinski definition) is 8. The van der Waals surface area contributed by atoms with Crippen molar-refractivity contribution >= 4 is 39.0 Å². The monoisotopic (exact) mass is 464 g/mol. The van der Waals surface area contributed by atoms with Crippen molar-refractivity contribution < 1.29 is 9.53 Å². The van der Waals surface area contributed by atoms with Gasteiger partial charge in [-0.15, -0.1) is 11.3 Å². The first-order valence-corrected chi connectivity index (χ1v) is 12.4. The Hall–Kier alpha value is -2.91. The molecule has 3 aliphatic rings. The molecule has 9 heteroatoms. The minimum Gasteiger partial charge on any atom is -0.491 e. The summed E-state index contributed by atoms with van der Waals surface area (Å²) in [6, 6.07) is 7.65. The zero-order valence-electron chi connectivity index (χ0n) is 18.9. The number of ether oxygens (including phenoxy) is 1. The van der Waals surface area contributed by atoms with Crippen molar-refractivity contribution in [3.8, 4) is 5.75 Å². The molecule has 2 fully saturated rings. The molecule has 3 atom stereocenters. The van der Waals surface area contributed by atoms with Gasteiger partial charge in [-0.05, 0) is 37.8 Å². The number of nitrogens with one attached hydrogen (secondary N) is 3. The summed E-state index contributed by atoms with van der Waals surface area (Å²) in [5.74, 6) is 0.817. The van der Waals surface area contributed by atoms with E-state index in [-0.39, 0.29) is 11.9 Å². The SMILES string of the molecule is CNc1c(C(=O)NC2COc3cc(N4CC5CCC(C4)N5)ccc3C2)sc2nc(C)cnc12. The standard InChI is InChI=1S/C24H28N6O2S/c1-13-9-26-21-20(25-2)22(33-24(21)27-13)23(31)29-17-7-14-3-6-18(8-19(14)32-12-17)30-10-15-4-5-16(11-30)28-15/h3,6,8-9,15-17,25,28H,4-5,7,10-12H2,1-2H3,(H,29,31). The molecule has 0 aliphatic carbocycles. The molecule has 33 heavy (non-hydrogen) atoms. The van der Waals surface area contributed by atoms with E-state index in [0.717, 1.165) is 52.6 Å². The summed E-state index contributed by atoms with van der Waals surface area (Å²) >= 11 is 1.37. The van der Waals surface area contributed by atoms with Crippen molar-refractivity contribution in [3.05, 3.63) is 40.5 Å². The first-order valence-electron chi connectivity index (χ1n) is 11.6. The maximum absolute atomic E-state index is 13.1. The molecule has 6 rings (SSSR count). The van der Waals surface area contributed by atoms with Gasteiger partial charge in [0.25, 0.3) is 5.91 Å². The van der Waals surface area contributed by atoms with Crippen LogP contribution in [0.15, 0.2) is 24.4 Å². The quantitative estimate of drug-likeness (QED) is 0.547. The largest absolute Gasteiger partial charge is 0.491 e. The second kappa shape index (κ2) is 8.14. The number of aromatic nitrogens is 2. The number of carbonyl (C=O) groups is 1. The van der Waals surface area contributed by atoms with Crippen molar-refractivity contribution in [1.29, 1.82) is 0 Å². The van der Waals surface area contributed by atoms with Crippen LogP contribution >= 0.6 is 11.3 Å². The third kappa shape index (κ3) is 3.79. The van der Waals surface area contributed by atoms with Crippen LogP contribution in [0.4, 0.5) is 11.4 Å². The van der Waals surface area contributed by atoms with Crippen molar-refractivity contribution in [1.82, 2.24) is 20.6 Å². The lowest BCUT2D eigenvalue weighted by molar-refractivity contribution is 0.0920. The predicted molar refractivity (Wildman–Crippen MR) is 131 cm³/mol. The van der Waals surface area contributed by atoms with Gasteiger partial charge in [0.15, 0.2) is 0 Å². The molecular weight excluding hydrogens is 436 g/mol. The lowest BCUT2D eigenvalue weighted by atomic mass is 10.0. The Labute approximate surface area is 196 Å². The van der Waals surface area contributed by atoms with E-state index < -0.39 is 0 Å². The average Bonchev–Trinajstić information content (AvgIpc) is 3.36. The summed E-state index contributed by atoms with van der Waals surface area (Å²) in [4.78, 5) is 26.0. The number of anilines is 2. The van der Waals surface area contributed by atoms with Crippen LogP contribution in [-0.4, -0.2) is 60.7 Å². The van der Waals surface area contributed by atoms with Gasteiger partial charge < -0.3 is 25.6 Å². The van der Waals surface area contributed by atoms with Crippen LogP contribution in [0.25, 0.3) is 10.3 Å². The highest BCUT2D eigenvalue weighted by Gasteiger charge is 2.33. The van der Waals surface area contributed by atoms with Crippen LogP contribution in [0.1, 0.15) is 33.8 Å². The van der Waals surface area contributed by atoms with E-state index in [1.165, 1.54) is 29.9 Å². The van der Waals surface area contributed by atoms with Crippen LogP contribution < -0.4 is 25.6 Å². The van der Waals surface area contributed by atoms with Gasteiger partial charge in [0.2, 0.25) is 0 Å². The molecule has 1 amide bonds. The van der Waals surface area contributed by atoms with Gasteiger partial charge in [-0.25, -0.2) is 9.97 Å². The molecule has 1 aromatic carbocycles. The second-order valence-corrected chi connectivity index (χ2v) is 10.2. The number of amides is 1. The van der Waals surface area contributed by atoms with E-state index in [1.807, 2.05) is 6.92 Å². The van der Waals surface area contributed by atoms with Crippen LogP contribution in [0.2, 0.25) is 0 Å². The Kier molecular flexibility index (Phi) is 5.10. The number of hydrogen-bond donors (Lipinski definition) is 3. The van der Waals surface area contributed by atoms with Gasteiger partial charge in [-0.1, -0.05) is 6.07 Å². The lowest BCUT2D eigenvalue weighted by Crippen LogP contribution is -2.51. The molecule has 8 nitrogen and oxygen atoms in total. The molecule has 2 saturated heterocycles. The Morgan fingerprint density at radius 2 is 2.09 bits per heavy atom. The summed E-state index contributed by atoms with van der Waals surface area (Å²) in [5.41, 5.74) is 4.67. The number of thiophene rings is 1. The van der Waals surface area contributed by atoms with Crippen LogP contribution in [0.5, 0.6) is 5.75 Å². The number of rotatable bonds is 4. The smallest absolute Gasteiger partial charge is 0.263 e. The fourth-order valence-corrected chi connectivity index (χ4v) is 6.34. The third-order valence-corrected chi connectivity index (χ3v) is 7.93. The topological polar surface area (TPSA) is 91.4 Å². The molecule has 172 valence electrons. The molecule has 3 N–H and O–H groups in total. The van der Waals surface area contributed by atoms with Gasteiger partial charge in [0, 0.05) is 50.2 Å². The van der Waals surface area contributed by atoms with Gasteiger partial charge in [0.1, 0.15) is 27.6 Å². The number of nitrogens with zero attached hydrogens (tertiary/aromatic N) is 3. The first-order chi connectivity index (χ1) is 16.1. The maximum Gasteiger partial charge on any atom is 0.263 e. The maximum atomic E-state index is 13.1. The summed E-state index contributed by atoms with van der Waals surface area (Å²) in [7, 11) is 1.81. The normalized spacial score (nSPS) is 23.8. The number of aryl methyl sites for hydroxylation is 1. The molecule has 3 aliphatic heterocycles.